The van der Waals surface area contributed by atoms with Gasteiger partial charge in [0.05, 0.1) is 5.41 Å². The zero-order valence-corrected chi connectivity index (χ0v) is 4.48. The van der Waals surface area contributed by atoms with Gasteiger partial charge in [-0.05, 0) is 18.8 Å². The van der Waals surface area contributed by atoms with E-state index in [0.29, 0.717) is 5.92 Å². The predicted molar refractivity (Wildman–Crippen MR) is 27.5 cm³/mol. The van der Waals surface area contributed by atoms with Crippen LogP contribution in [0.25, 0.3) is 0 Å². The molecule has 0 aromatic heterocycles. The molecule has 2 fully saturated rings. The molecule has 0 aromatic carbocycles. The fraction of sp³-hybridized carbons (Fsp3) is 0.800. The molecule has 44 valence electrons. The molecular formula is C5H8N2O. The van der Waals surface area contributed by atoms with Crippen molar-refractivity contribution in [1.82, 2.24) is 5.43 Å². The van der Waals surface area contributed by atoms with E-state index in [1.807, 2.05) is 0 Å². The maximum atomic E-state index is 10.7. The molecule has 0 heterocycles. The van der Waals surface area contributed by atoms with E-state index >= 15 is 0 Å². The number of nitrogens with one attached hydrogen (secondary N) is 1. The molecule has 0 unspecified atom stereocenters. The molecule has 3 heteroatoms. The van der Waals surface area contributed by atoms with Gasteiger partial charge in [0.2, 0.25) is 5.91 Å². The lowest BCUT2D eigenvalue weighted by Crippen LogP contribution is -2.33. The van der Waals surface area contributed by atoms with Gasteiger partial charge in [0.25, 0.3) is 0 Å². The zero-order valence-electron chi connectivity index (χ0n) is 4.48. The third kappa shape index (κ3) is 0.282. The van der Waals surface area contributed by atoms with Crippen molar-refractivity contribution in [3.05, 3.63) is 0 Å². The second-order valence-electron chi connectivity index (χ2n) is 2.73. The van der Waals surface area contributed by atoms with Crippen LogP contribution in [0.15, 0.2) is 0 Å². The lowest BCUT2D eigenvalue weighted by atomic mass is 10.2. The summed E-state index contributed by atoms with van der Waals surface area (Å²) in [6.45, 7) is 0. The van der Waals surface area contributed by atoms with Gasteiger partial charge >= 0.3 is 0 Å². The number of fused-ring (bicyclic) bond motifs is 1. The summed E-state index contributed by atoms with van der Waals surface area (Å²) in [5.41, 5.74) is 2.22. The number of carbonyl (C=O) groups is 1. The van der Waals surface area contributed by atoms with Crippen LogP contribution >= 0.6 is 0 Å². The van der Waals surface area contributed by atoms with Gasteiger partial charge in [-0.3, -0.25) is 10.2 Å². The molecule has 3 N–H and O–H groups in total. The van der Waals surface area contributed by atoms with Crippen LogP contribution in [-0.2, 0) is 4.79 Å². The lowest BCUT2D eigenvalue weighted by Gasteiger charge is -1.97. The minimum atomic E-state index is 0.0440. The van der Waals surface area contributed by atoms with Gasteiger partial charge < -0.3 is 0 Å². The predicted octanol–water partition coefficient (Wildman–Crippen LogP) is -0.614. The third-order valence-electron chi connectivity index (χ3n) is 2.27. The molecule has 0 spiro atoms. The summed E-state index contributed by atoms with van der Waals surface area (Å²) in [6, 6.07) is 0. The van der Waals surface area contributed by atoms with Crippen molar-refractivity contribution in [3.63, 3.8) is 0 Å². The number of rotatable bonds is 1. The first-order chi connectivity index (χ1) is 3.79. The molecule has 0 saturated heterocycles. The van der Waals surface area contributed by atoms with Gasteiger partial charge in [-0.25, -0.2) is 5.84 Å². The quantitative estimate of drug-likeness (QED) is 0.270. The molecule has 0 bridgehead atoms. The molecule has 8 heavy (non-hydrogen) atoms. The summed E-state index contributed by atoms with van der Waals surface area (Å²) < 4.78 is 0. The summed E-state index contributed by atoms with van der Waals surface area (Å²) in [5.74, 6) is 5.67. The van der Waals surface area contributed by atoms with E-state index in [0.717, 1.165) is 12.8 Å². The number of hydrogen-bond donors (Lipinski definition) is 2. The summed E-state index contributed by atoms with van der Waals surface area (Å²) in [6.07, 6.45) is 2.16. The monoisotopic (exact) mass is 112 g/mol. The van der Waals surface area contributed by atoms with E-state index in [2.05, 4.69) is 5.43 Å². The second kappa shape index (κ2) is 0.910. The fourth-order valence-electron chi connectivity index (χ4n) is 1.22. The Bertz CT molecular complexity index is 149. The second-order valence-corrected chi connectivity index (χ2v) is 2.73. The Hall–Kier alpha value is -0.570. The molecule has 2 rings (SSSR count). The molecule has 1 amide bonds. The highest BCUT2D eigenvalue weighted by Gasteiger charge is 2.74. The highest BCUT2D eigenvalue weighted by atomic mass is 16.2. The summed E-state index contributed by atoms with van der Waals surface area (Å²) >= 11 is 0. The minimum absolute atomic E-state index is 0.0440. The normalized spacial score (nSPS) is 47.4. The van der Waals surface area contributed by atoms with Crippen LogP contribution < -0.4 is 11.3 Å². The van der Waals surface area contributed by atoms with Crippen LogP contribution in [0, 0.1) is 11.3 Å². The molecule has 0 aromatic rings. The van der Waals surface area contributed by atoms with E-state index in [4.69, 9.17) is 5.84 Å². The third-order valence-corrected chi connectivity index (χ3v) is 2.27. The standard InChI is InChI=1S/C5H8N2O/c6-7-4(8)5-1-3(5)2-5/h3H,1-2,6H2,(H,7,8). The molecule has 0 aliphatic heterocycles. The van der Waals surface area contributed by atoms with E-state index in [9.17, 15) is 4.79 Å². The fourth-order valence-corrected chi connectivity index (χ4v) is 1.22. The van der Waals surface area contributed by atoms with Crippen LogP contribution in [0.5, 0.6) is 0 Å². The lowest BCUT2D eigenvalue weighted by molar-refractivity contribution is -0.124. The van der Waals surface area contributed by atoms with Gasteiger partial charge in [-0.1, -0.05) is 0 Å². The molecule has 0 atom stereocenters. The van der Waals surface area contributed by atoms with Crippen molar-refractivity contribution >= 4 is 5.91 Å². The van der Waals surface area contributed by atoms with E-state index in [1.54, 1.807) is 0 Å². The average Bonchev–Trinajstić information content (AvgIpc) is 2.45. The summed E-state index contributed by atoms with van der Waals surface area (Å²) in [5, 5.41) is 0. The van der Waals surface area contributed by atoms with Gasteiger partial charge in [0, 0.05) is 0 Å². The zero-order chi connectivity index (χ0) is 5.78. The smallest absolute Gasteiger partial charge is 0.240 e. The number of carbonyl (C=O) groups excluding carboxylic acids is 1. The largest absolute Gasteiger partial charge is 0.294 e. The SMILES string of the molecule is NNC(=O)C12CC1C2. The van der Waals surface area contributed by atoms with Crippen LogP contribution in [-0.4, -0.2) is 5.91 Å². The van der Waals surface area contributed by atoms with Crippen molar-refractivity contribution in [2.24, 2.45) is 17.2 Å². The average molecular weight is 112 g/mol. The highest BCUT2D eigenvalue weighted by Crippen LogP contribution is 2.75. The van der Waals surface area contributed by atoms with Crippen molar-refractivity contribution in [3.8, 4) is 0 Å². The Morgan fingerprint density at radius 1 is 1.75 bits per heavy atom. The highest BCUT2D eigenvalue weighted by molar-refractivity contribution is 5.89. The molecule has 2 aliphatic carbocycles. The van der Waals surface area contributed by atoms with Gasteiger partial charge in [0.1, 0.15) is 0 Å². The Kier molecular flexibility index (Phi) is 0.492. The van der Waals surface area contributed by atoms with Gasteiger partial charge in [0.15, 0.2) is 0 Å². The molecule has 0 radical (unpaired) electrons. The summed E-state index contributed by atoms with van der Waals surface area (Å²) in [7, 11) is 0. The Morgan fingerprint density at radius 2 is 2.25 bits per heavy atom. The first-order valence-corrected chi connectivity index (χ1v) is 2.81. The van der Waals surface area contributed by atoms with E-state index < -0.39 is 0 Å². The Balaban J connectivity index is 2.07. The Morgan fingerprint density at radius 3 is 2.38 bits per heavy atom. The van der Waals surface area contributed by atoms with E-state index in [-0.39, 0.29) is 11.3 Å². The van der Waals surface area contributed by atoms with Crippen molar-refractivity contribution in [1.29, 1.82) is 0 Å². The molecule has 3 nitrogen and oxygen atoms in total. The van der Waals surface area contributed by atoms with Crippen LogP contribution in [0.3, 0.4) is 0 Å². The molecule has 2 saturated carbocycles. The van der Waals surface area contributed by atoms with Crippen molar-refractivity contribution in [2.75, 3.05) is 0 Å². The number of nitrogens with two attached hydrogens (primary N) is 1. The van der Waals surface area contributed by atoms with Gasteiger partial charge in [-0.2, -0.15) is 0 Å². The van der Waals surface area contributed by atoms with Crippen molar-refractivity contribution in [2.45, 2.75) is 12.8 Å². The van der Waals surface area contributed by atoms with Crippen molar-refractivity contribution < 1.29 is 4.79 Å². The van der Waals surface area contributed by atoms with Gasteiger partial charge in [-0.15, -0.1) is 0 Å². The van der Waals surface area contributed by atoms with Crippen LogP contribution in [0.2, 0.25) is 0 Å². The first kappa shape index (κ1) is 4.32. The van der Waals surface area contributed by atoms with Crippen LogP contribution in [0.4, 0.5) is 0 Å². The summed E-state index contributed by atoms with van der Waals surface area (Å²) in [4.78, 5) is 10.7. The number of hydrogen-bond acceptors (Lipinski definition) is 2. The van der Waals surface area contributed by atoms with Crippen LogP contribution in [0.1, 0.15) is 12.8 Å². The molecular weight excluding hydrogens is 104 g/mol. The molecule has 2 aliphatic rings. The number of hydrazine groups is 1. The van der Waals surface area contributed by atoms with E-state index in [1.165, 1.54) is 0 Å². The Labute approximate surface area is 47.2 Å². The first-order valence-electron chi connectivity index (χ1n) is 2.81. The maximum absolute atomic E-state index is 10.7. The number of amides is 1. The minimum Gasteiger partial charge on any atom is -0.294 e. The topological polar surface area (TPSA) is 55.1 Å². The maximum Gasteiger partial charge on any atom is 0.240 e.